The normalized spacial score (nSPS) is 16.7. The quantitative estimate of drug-likeness (QED) is 0.455. The first-order valence-corrected chi connectivity index (χ1v) is 10.2. The average molecular weight is 472 g/mol. The molecule has 0 radical (unpaired) electrons. The SMILES string of the molecule is CCOC1=NC2C(C(=O)OC)=C(C(=O)OC)C(C(=O)OC)=C(C(=O)OC)N2c2ccc(C)cc21. The summed E-state index contributed by atoms with van der Waals surface area (Å²) in [4.78, 5) is 57.7. The molecule has 11 heteroatoms. The molecular formula is C23H24N2O9. The summed E-state index contributed by atoms with van der Waals surface area (Å²) >= 11 is 0. The Morgan fingerprint density at radius 3 is 2.03 bits per heavy atom. The minimum atomic E-state index is -1.30. The second-order valence-corrected chi connectivity index (χ2v) is 7.11. The van der Waals surface area contributed by atoms with Crippen LogP contribution in [0.25, 0.3) is 0 Å². The predicted octanol–water partition coefficient (Wildman–Crippen LogP) is 1.18. The van der Waals surface area contributed by atoms with Gasteiger partial charge in [0.05, 0.1) is 57.4 Å². The van der Waals surface area contributed by atoms with Crippen molar-refractivity contribution < 1.29 is 42.9 Å². The van der Waals surface area contributed by atoms with Gasteiger partial charge in [0.25, 0.3) is 0 Å². The van der Waals surface area contributed by atoms with Crippen LogP contribution in [0.4, 0.5) is 5.69 Å². The lowest BCUT2D eigenvalue weighted by Crippen LogP contribution is -2.49. The number of carbonyl (C=O) groups excluding carboxylic acids is 4. The Hall–Kier alpha value is -4.15. The number of benzene rings is 1. The van der Waals surface area contributed by atoms with Gasteiger partial charge in [-0.3, -0.25) is 0 Å². The number of hydrogen-bond acceptors (Lipinski definition) is 11. The Morgan fingerprint density at radius 1 is 0.882 bits per heavy atom. The number of rotatable bonds is 5. The molecule has 1 aromatic rings. The molecule has 2 heterocycles. The van der Waals surface area contributed by atoms with Crippen molar-refractivity contribution in [2.45, 2.75) is 20.0 Å². The number of fused-ring (bicyclic) bond motifs is 3. The first-order valence-electron chi connectivity index (χ1n) is 10.2. The van der Waals surface area contributed by atoms with E-state index in [1.165, 1.54) is 4.90 Å². The summed E-state index contributed by atoms with van der Waals surface area (Å²) in [6, 6.07) is 5.24. The molecule has 3 rings (SSSR count). The van der Waals surface area contributed by atoms with Crippen molar-refractivity contribution in [3.8, 4) is 0 Å². The van der Waals surface area contributed by atoms with Gasteiger partial charge in [0.15, 0.2) is 6.17 Å². The van der Waals surface area contributed by atoms with Gasteiger partial charge in [-0.1, -0.05) is 11.6 Å². The highest BCUT2D eigenvalue weighted by Crippen LogP contribution is 2.43. The van der Waals surface area contributed by atoms with Crippen LogP contribution in [0.2, 0.25) is 0 Å². The molecule has 1 atom stereocenters. The molecule has 0 aliphatic carbocycles. The number of methoxy groups -OCH3 is 4. The minimum Gasteiger partial charge on any atom is -0.478 e. The van der Waals surface area contributed by atoms with E-state index in [2.05, 4.69) is 4.99 Å². The predicted molar refractivity (Wildman–Crippen MR) is 118 cm³/mol. The number of hydrogen-bond donors (Lipinski definition) is 0. The van der Waals surface area contributed by atoms with Crippen LogP contribution in [0.3, 0.4) is 0 Å². The van der Waals surface area contributed by atoms with Crippen LogP contribution < -0.4 is 4.90 Å². The molecule has 34 heavy (non-hydrogen) atoms. The third-order valence-electron chi connectivity index (χ3n) is 5.23. The van der Waals surface area contributed by atoms with Crippen molar-refractivity contribution in [3.05, 3.63) is 51.7 Å². The van der Waals surface area contributed by atoms with Gasteiger partial charge >= 0.3 is 23.9 Å². The maximum atomic E-state index is 13.0. The topological polar surface area (TPSA) is 130 Å². The fraction of sp³-hybridized carbons (Fsp3) is 0.348. The molecule has 180 valence electrons. The summed E-state index contributed by atoms with van der Waals surface area (Å²) in [5, 5.41) is 0. The van der Waals surface area contributed by atoms with Gasteiger partial charge < -0.3 is 28.6 Å². The number of nitrogens with zero attached hydrogens (tertiary/aromatic N) is 2. The van der Waals surface area contributed by atoms with Crippen LogP contribution in [0.5, 0.6) is 0 Å². The van der Waals surface area contributed by atoms with Gasteiger partial charge in [0.2, 0.25) is 5.90 Å². The summed E-state index contributed by atoms with van der Waals surface area (Å²) in [6.45, 7) is 3.88. The third-order valence-corrected chi connectivity index (χ3v) is 5.23. The van der Waals surface area contributed by atoms with E-state index in [-0.39, 0.29) is 23.8 Å². The Bertz CT molecular complexity index is 1160. The molecule has 0 aromatic heterocycles. The van der Waals surface area contributed by atoms with Crippen LogP contribution >= 0.6 is 0 Å². The molecule has 1 aromatic carbocycles. The van der Waals surface area contributed by atoms with Gasteiger partial charge in [-0.05, 0) is 26.0 Å². The highest BCUT2D eigenvalue weighted by atomic mass is 16.5. The maximum Gasteiger partial charge on any atom is 0.355 e. The Kier molecular flexibility index (Phi) is 7.04. The van der Waals surface area contributed by atoms with Gasteiger partial charge in [-0.2, -0.15) is 0 Å². The Labute approximate surface area is 195 Å². The highest BCUT2D eigenvalue weighted by molar-refractivity contribution is 6.19. The maximum absolute atomic E-state index is 13.0. The number of carbonyl (C=O) groups is 4. The monoisotopic (exact) mass is 472 g/mol. The van der Waals surface area contributed by atoms with E-state index in [1.807, 2.05) is 6.92 Å². The molecule has 11 nitrogen and oxygen atoms in total. The van der Waals surface area contributed by atoms with E-state index in [4.69, 9.17) is 23.7 Å². The molecule has 0 amide bonds. The zero-order valence-corrected chi connectivity index (χ0v) is 19.6. The summed E-state index contributed by atoms with van der Waals surface area (Å²) < 4.78 is 25.3. The first-order chi connectivity index (χ1) is 16.2. The second kappa shape index (κ2) is 9.77. The molecule has 0 fully saturated rings. The lowest BCUT2D eigenvalue weighted by atomic mass is 9.88. The van der Waals surface area contributed by atoms with Crippen molar-refractivity contribution in [2.75, 3.05) is 39.9 Å². The summed E-state index contributed by atoms with van der Waals surface area (Å²) in [6.07, 6.45) is -1.30. The second-order valence-electron chi connectivity index (χ2n) is 7.11. The fourth-order valence-corrected chi connectivity index (χ4v) is 3.82. The molecule has 0 N–H and O–H groups in total. The summed E-state index contributed by atoms with van der Waals surface area (Å²) in [5.74, 6) is -3.87. The minimum absolute atomic E-state index is 0.179. The van der Waals surface area contributed by atoms with Crippen molar-refractivity contribution in [1.82, 2.24) is 0 Å². The van der Waals surface area contributed by atoms with Crippen LogP contribution in [-0.4, -0.2) is 71.0 Å². The van der Waals surface area contributed by atoms with Crippen molar-refractivity contribution in [2.24, 2.45) is 4.99 Å². The van der Waals surface area contributed by atoms with E-state index in [0.29, 0.717) is 11.3 Å². The van der Waals surface area contributed by atoms with E-state index >= 15 is 0 Å². The Morgan fingerprint density at radius 2 is 1.47 bits per heavy atom. The molecule has 0 saturated carbocycles. The van der Waals surface area contributed by atoms with Gasteiger partial charge in [-0.15, -0.1) is 0 Å². The van der Waals surface area contributed by atoms with Crippen molar-refractivity contribution in [3.63, 3.8) is 0 Å². The number of anilines is 1. The molecule has 2 aliphatic rings. The van der Waals surface area contributed by atoms with E-state index in [9.17, 15) is 19.2 Å². The van der Waals surface area contributed by atoms with Crippen molar-refractivity contribution in [1.29, 1.82) is 0 Å². The zero-order valence-electron chi connectivity index (χ0n) is 19.6. The van der Waals surface area contributed by atoms with E-state index in [0.717, 1.165) is 34.0 Å². The summed E-state index contributed by atoms with van der Waals surface area (Å²) in [7, 11) is 4.36. The van der Waals surface area contributed by atoms with Crippen LogP contribution in [0, 0.1) is 6.92 Å². The lowest BCUT2D eigenvalue weighted by molar-refractivity contribution is -0.142. The molecule has 0 bridgehead atoms. The first kappa shape index (κ1) is 24.5. The summed E-state index contributed by atoms with van der Waals surface area (Å²) in [5.41, 5.74) is 0.0630. The number of ether oxygens (including phenoxy) is 5. The fourth-order valence-electron chi connectivity index (χ4n) is 3.82. The highest BCUT2D eigenvalue weighted by Gasteiger charge is 2.49. The van der Waals surface area contributed by atoms with E-state index < -0.39 is 41.2 Å². The van der Waals surface area contributed by atoms with E-state index in [1.54, 1.807) is 25.1 Å². The van der Waals surface area contributed by atoms with Gasteiger partial charge in [-0.25, -0.2) is 24.2 Å². The average Bonchev–Trinajstić information content (AvgIpc) is 2.85. The molecular weight excluding hydrogens is 448 g/mol. The zero-order chi connectivity index (χ0) is 25.2. The van der Waals surface area contributed by atoms with Gasteiger partial charge in [0.1, 0.15) is 11.3 Å². The standard InChI is InChI=1S/C23H24N2O9/c1-7-34-19-12-10-11(2)8-9-13(12)25-17(23(29)33-6)15(21(27)31-4)14(20(26)30-3)16(18(25)24-19)22(28)32-5/h8-10,18H,7H2,1-6H3. The molecule has 1 unspecified atom stereocenters. The van der Waals surface area contributed by atoms with Crippen molar-refractivity contribution >= 4 is 35.5 Å². The number of aliphatic imine (C=N–C) groups is 1. The third kappa shape index (κ3) is 3.89. The molecule has 0 spiro atoms. The number of esters is 4. The van der Waals surface area contributed by atoms with Crippen LogP contribution in [-0.2, 0) is 42.9 Å². The van der Waals surface area contributed by atoms with Crippen LogP contribution in [0.1, 0.15) is 18.1 Å². The molecule has 2 aliphatic heterocycles. The Balaban J connectivity index is 2.54. The van der Waals surface area contributed by atoms with Gasteiger partial charge in [0, 0.05) is 0 Å². The largest absolute Gasteiger partial charge is 0.478 e. The number of aryl methyl sites for hydroxylation is 1. The smallest absolute Gasteiger partial charge is 0.355 e. The van der Waals surface area contributed by atoms with Crippen LogP contribution in [0.15, 0.2) is 45.6 Å². The lowest BCUT2D eigenvalue weighted by Gasteiger charge is -2.41. The molecule has 0 saturated heterocycles.